The number of carboxylic acid groups (broad SMARTS) is 7. The number of aromatic hydroxyl groups is 7. The first-order valence-electron chi connectivity index (χ1n) is 45.1. The first-order chi connectivity index (χ1) is 65.9. The van der Waals surface area contributed by atoms with Crippen LogP contribution in [0.15, 0.2) is 78.3 Å². The van der Waals surface area contributed by atoms with Gasteiger partial charge in [-0.05, 0) is 89.9 Å². The van der Waals surface area contributed by atoms with Crippen molar-refractivity contribution < 1.29 is 161 Å². The quantitative estimate of drug-likeness (QED) is 0.0239. The predicted molar refractivity (Wildman–Crippen MR) is 507 cm³/mol. The molecule has 43 heteroatoms. The zero-order valence-electron chi connectivity index (χ0n) is 83.2. The molecule has 7 aromatic heterocycles. The molecule has 0 amide bonds. The van der Waals surface area contributed by atoms with E-state index in [0.717, 1.165) is 0 Å². The van der Waals surface area contributed by atoms with E-state index < -0.39 is 84.1 Å². The van der Waals surface area contributed by atoms with Crippen LogP contribution in [0.5, 0.6) is 40.2 Å². The van der Waals surface area contributed by atoms with Crippen LogP contribution in [0.3, 0.4) is 0 Å². The molecular formula is C98H133N14O28Tc. The summed E-state index contributed by atoms with van der Waals surface area (Å²) in [6.45, 7) is 34.5. The second-order valence-electron chi connectivity index (χ2n) is 33.0. The van der Waals surface area contributed by atoms with Crippen LogP contribution in [-0.2, 0) is 99.9 Å². The minimum atomic E-state index is -1.26. The van der Waals surface area contributed by atoms with E-state index in [4.69, 9.17) is 0 Å². The van der Waals surface area contributed by atoms with Gasteiger partial charge >= 0.3 is 20.1 Å². The number of rotatable bonds is 42. The van der Waals surface area contributed by atoms with E-state index in [1.807, 2.05) is 48.5 Å². The van der Waals surface area contributed by atoms with Gasteiger partial charge in [-0.25, -0.2) is 0 Å². The zero-order valence-corrected chi connectivity index (χ0v) is 85.0. The molecule has 7 rings (SSSR count). The summed E-state index contributed by atoms with van der Waals surface area (Å²) in [5, 5.41) is 212. The van der Waals surface area contributed by atoms with Crippen molar-refractivity contribution in [2.45, 2.75) is 279 Å². The third kappa shape index (κ3) is 39.2. The number of aliphatic carboxylic acids is 7. The van der Waals surface area contributed by atoms with Gasteiger partial charge in [0.15, 0.2) is 0 Å². The van der Waals surface area contributed by atoms with Crippen LogP contribution in [0.4, 0.5) is 0 Å². The molecule has 0 aromatic carbocycles. The number of carboxylic acids is 7. The number of nitrogens with zero attached hydrogens (tertiary/aromatic N) is 14. The van der Waals surface area contributed by atoms with E-state index in [9.17, 15) is 141 Å². The molecule has 0 bridgehead atoms. The maximum atomic E-state index is 11.1. The van der Waals surface area contributed by atoms with Crippen molar-refractivity contribution in [3.8, 4) is 40.2 Å². The molecule has 7 aromatic rings. The molecule has 0 radical (unpaired) electrons. The average molecular weight is 2050 g/mol. The summed E-state index contributed by atoms with van der Waals surface area (Å²) in [7, 11) is 0. The fourth-order valence-electron chi connectivity index (χ4n) is 12.2. The van der Waals surface area contributed by atoms with Crippen LogP contribution in [0, 0.1) is 89.9 Å². The Morgan fingerprint density at radius 1 is 0.234 bits per heavy atom. The van der Waals surface area contributed by atoms with E-state index in [-0.39, 0.29) is 187 Å². The molecule has 0 unspecified atom stereocenters. The minimum absolute atomic E-state index is 0. The number of carbonyl (C=O) groups is 7. The van der Waals surface area contributed by atoms with Gasteiger partial charge in [0.25, 0.3) is 0 Å². The monoisotopic (exact) mass is 2050 g/mol. The third-order valence-corrected chi connectivity index (χ3v) is 23.2. The van der Waals surface area contributed by atoms with Crippen LogP contribution >= 0.6 is 0 Å². The van der Waals surface area contributed by atoms with Gasteiger partial charge in [-0.1, -0.05) is 142 Å². The number of aliphatic imine (C=N–C) groups is 7. The first-order valence-corrected chi connectivity index (χ1v) is 45.1. The smallest absolute Gasteiger partial charge is 0.548 e. The van der Waals surface area contributed by atoms with E-state index in [2.05, 4.69) is 69.8 Å². The number of aliphatic hydroxyl groups is 7. The van der Waals surface area contributed by atoms with Gasteiger partial charge in [-0.3, -0.25) is 69.8 Å². The fraction of sp³-hybridized carbons (Fsp3) is 0.500. The molecule has 141 heavy (non-hydrogen) atoms. The Morgan fingerprint density at radius 2 is 0.326 bits per heavy atom. The van der Waals surface area contributed by atoms with E-state index in [0.29, 0.717) is 124 Å². The normalized spacial score (nSPS) is 14.3. The SMILES string of the molecule is CC[C@H](C)[C@H](N=Cc1c(CO)cnc(C)c1O)C(=O)[O-].CC[C@H](C)[C@H](N=Cc1c(CO)cnc(C)c1O)C(=O)[O-].CC[C@H](C)[C@H](N=Cc1c(CO)cnc(C)c1O)C(=O)[O-].CC[C@H](C)[C@H](N=Cc1c(CO)cnc(C)c1O)C(=O)[O-].CC[C@H](C)[C@H](N=Cc1c(CO)cnc(C)c1O)C(=O)[O-].CC[C@H](C)[C@H](N=Cc1c(CO)cnc(C)c1O)C(=O)[O-].CC[C@H](C)[C@H](N=Cc1c(CO)cnc(C)c1O)C(=O)[O-].[Tc+7]. The van der Waals surface area contributed by atoms with Crippen molar-refractivity contribution in [3.63, 3.8) is 0 Å². The summed E-state index contributed by atoms with van der Waals surface area (Å²) in [5.74, 6) is -10.8. The van der Waals surface area contributed by atoms with Crippen molar-refractivity contribution in [2.24, 2.45) is 76.4 Å². The molecular weight excluding hydrogens is 1920 g/mol. The molecule has 42 nitrogen and oxygen atoms in total. The van der Waals surface area contributed by atoms with Gasteiger partial charge in [0.2, 0.25) is 0 Å². The number of aliphatic hydroxyl groups excluding tert-OH is 7. The Bertz CT molecular complexity index is 4530. The second kappa shape index (κ2) is 65.1. The summed E-state index contributed by atoms with van der Waals surface area (Å²) < 4.78 is 0. The van der Waals surface area contributed by atoms with Crippen LogP contribution in [0.25, 0.3) is 0 Å². The molecule has 0 aliphatic carbocycles. The maximum absolute atomic E-state index is 11.1. The molecule has 0 saturated carbocycles. The summed E-state index contributed by atoms with van der Waals surface area (Å²) >= 11 is 0. The van der Waals surface area contributed by atoms with Crippen molar-refractivity contribution in [3.05, 3.63) is 161 Å². The summed E-state index contributed by atoms with van der Waals surface area (Å²) in [6, 6.07) is -6.91. The van der Waals surface area contributed by atoms with E-state index >= 15 is 0 Å². The summed E-state index contributed by atoms with van der Waals surface area (Å²) in [4.78, 5) is 133. The molecule has 770 valence electrons. The third-order valence-electron chi connectivity index (χ3n) is 23.2. The Morgan fingerprint density at radius 3 is 0.397 bits per heavy atom. The molecule has 7 heterocycles. The van der Waals surface area contributed by atoms with Crippen molar-refractivity contribution in [1.29, 1.82) is 0 Å². The van der Waals surface area contributed by atoms with Crippen LogP contribution in [-0.4, -0.2) is 234 Å². The summed E-state index contributed by atoms with van der Waals surface area (Å²) in [5.41, 5.74) is 7.42. The molecule has 14 N–H and O–H groups in total. The molecule has 0 spiro atoms. The van der Waals surface area contributed by atoms with Gasteiger partial charge in [0, 0.05) is 165 Å². The van der Waals surface area contributed by atoms with Crippen LogP contribution < -0.4 is 35.7 Å². The molecule has 0 saturated heterocycles. The topological polar surface area (TPSA) is 741 Å². The van der Waals surface area contributed by atoms with Crippen molar-refractivity contribution >= 4 is 85.3 Å². The largest absolute Gasteiger partial charge is 7.00 e. The molecule has 0 aliphatic heterocycles. The van der Waals surface area contributed by atoms with Crippen molar-refractivity contribution in [2.75, 3.05) is 0 Å². The summed E-state index contributed by atoms with van der Waals surface area (Å²) in [6.07, 6.45) is 23.3. The fourth-order valence-corrected chi connectivity index (χ4v) is 12.2. The maximum Gasteiger partial charge on any atom is 7.00 e. The van der Waals surface area contributed by atoms with Gasteiger partial charge in [0.05, 0.1) is 170 Å². The molecule has 14 atom stereocenters. The first kappa shape index (κ1) is 128. The Kier molecular flexibility index (Phi) is 59.1. The number of pyridine rings is 7. The van der Waals surface area contributed by atoms with Gasteiger partial charge in [0.1, 0.15) is 40.2 Å². The Hall–Kier alpha value is -13.0. The number of aromatic nitrogens is 7. The number of aryl methyl sites for hydroxylation is 7. The average Bonchev–Trinajstić information content (AvgIpc) is 0.857. The Balaban J connectivity index is 0.00000162. The van der Waals surface area contributed by atoms with Gasteiger partial charge in [-0.15, -0.1) is 0 Å². The number of hydrogen-bond acceptors (Lipinski definition) is 42. The number of hydrogen-bond donors (Lipinski definition) is 14. The van der Waals surface area contributed by atoms with E-state index in [1.54, 1.807) is 96.9 Å². The number of carbonyl (C=O) groups excluding carboxylic acids is 7. The van der Waals surface area contributed by atoms with Crippen LogP contribution in [0.2, 0.25) is 0 Å². The predicted octanol–water partition coefficient (Wildman–Crippen LogP) is 1.20. The second-order valence-corrected chi connectivity index (χ2v) is 33.0. The standard InChI is InChI=1S/7C14H20N2O4.Tc/c7*1-4-8(2)12(14(19)20)16-6-11-10(7-17)5-15-9(3)13(11)18;/h7*5-6,8,12,17-18H,4,7H2,1-3H3,(H,19,20);/q;;;;;;;+7/p-7/t7*8-,12-;/m0000000./s1. The van der Waals surface area contributed by atoms with Crippen molar-refractivity contribution in [1.82, 2.24) is 34.9 Å². The van der Waals surface area contributed by atoms with E-state index in [1.165, 1.54) is 86.9 Å². The Labute approximate surface area is 833 Å². The minimum Gasteiger partial charge on any atom is -0.548 e. The molecule has 0 aliphatic rings. The van der Waals surface area contributed by atoms with Gasteiger partial charge < -0.3 is 141 Å². The zero-order chi connectivity index (χ0) is 107. The van der Waals surface area contributed by atoms with Gasteiger partial charge in [-0.2, -0.15) is 0 Å². The van der Waals surface area contributed by atoms with Crippen LogP contribution in [0.1, 0.15) is 260 Å². The molecule has 0 fully saturated rings.